The number of benzene rings is 1. The average molecular weight is 294 g/mol. The molecule has 0 spiro atoms. The van der Waals surface area contributed by atoms with Crippen LogP contribution in [-0.2, 0) is 6.54 Å². The number of carbonyl (C=O) groups excluding carboxylic acids is 1. The van der Waals surface area contributed by atoms with Crippen molar-refractivity contribution in [3.63, 3.8) is 0 Å². The molecule has 1 rings (SSSR count). The van der Waals surface area contributed by atoms with Gasteiger partial charge in [-0.25, -0.2) is 4.79 Å². The van der Waals surface area contributed by atoms with Crippen LogP contribution in [0.1, 0.15) is 31.4 Å². The fraction of sp³-hybridized carbons (Fsp3) is 0.562. The third-order valence-electron chi connectivity index (χ3n) is 3.68. The Labute approximate surface area is 126 Å². The Balaban J connectivity index is 2.38. The minimum atomic E-state index is -0.510. The zero-order chi connectivity index (χ0) is 15.8. The van der Waals surface area contributed by atoms with Crippen molar-refractivity contribution in [2.45, 2.75) is 39.8 Å². The second-order valence-corrected chi connectivity index (χ2v) is 5.32. The summed E-state index contributed by atoms with van der Waals surface area (Å²) in [6.07, 6.45) is 0.374. The van der Waals surface area contributed by atoms with Crippen LogP contribution in [0.4, 0.5) is 4.79 Å². The van der Waals surface area contributed by atoms with E-state index in [-0.39, 0.29) is 18.5 Å². The Morgan fingerprint density at radius 2 is 2.10 bits per heavy atom. The first-order chi connectivity index (χ1) is 9.97. The third kappa shape index (κ3) is 5.63. The molecule has 0 saturated carbocycles. The Hall–Kier alpha value is -1.75. The number of aliphatic hydroxyl groups is 1. The van der Waals surface area contributed by atoms with Crippen molar-refractivity contribution in [1.29, 1.82) is 0 Å². The van der Waals surface area contributed by atoms with E-state index in [4.69, 9.17) is 4.74 Å². The number of amides is 2. The van der Waals surface area contributed by atoms with Gasteiger partial charge in [-0.3, -0.25) is 0 Å². The Bertz CT molecular complexity index is 463. The summed E-state index contributed by atoms with van der Waals surface area (Å²) in [5.74, 6) is 1.01. The number of ether oxygens (including phenoxy) is 1. The van der Waals surface area contributed by atoms with E-state index in [1.807, 2.05) is 39.0 Å². The van der Waals surface area contributed by atoms with E-state index >= 15 is 0 Å². The van der Waals surface area contributed by atoms with Gasteiger partial charge in [-0.05, 0) is 30.0 Å². The van der Waals surface area contributed by atoms with Crippen LogP contribution in [0.25, 0.3) is 0 Å². The summed E-state index contributed by atoms with van der Waals surface area (Å²) in [7, 11) is 1.64. The molecule has 5 nitrogen and oxygen atoms in total. The van der Waals surface area contributed by atoms with Gasteiger partial charge in [0.05, 0.1) is 13.2 Å². The summed E-state index contributed by atoms with van der Waals surface area (Å²) < 4.78 is 5.20. The Kier molecular flexibility index (Phi) is 7.02. The van der Waals surface area contributed by atoms with Crippen LogP contribution >= 0.6 is 0 Å². The van der Waals surface area contributed by atoms with Gasteiger partial charge < -0.3 is 20.5 Å². The van der Waals surface area contributed by atoms with Crippen LogP contribution in [0.5, 0.6) is 5.75 Å². The fourth-order valence-corrected chi connectivity index (χ4v) is 1.97. The highest BCUT2D eigenvalue weighted by atomic mass is 16.5. The number of carbonyl (C=O) groups is 1. The zero-order valence-corrected chi connectivity index (χ0v) is 13.3. The predicted octanol–water partition coefficient (Wildman–Crippen LogP) is 2.21. The summed E-state index contributed by atoms with van der Waals surface area (Å²) in [5, 5.41) is 15.2. The lowest BCUT2D eigenvalue weighted by Crippen LogP contribution is -2.41. The van der Waals surface area contributed by atoms with Crippen molar-refractivity contribution in [1.82, 2.24) is 10.6 Å². The molecule has 21 heavy (non-hydrogen) atoms. The average Bonchev–Trinajstić information content (AvgIpc) is 2.49. The molecule has 0 saturated heterocycles. The first-order valence-corrected chi connectivity index (χ1v) is 7.31. The van der Waals surface area contributed by atoms with E-state index in [1.54, 1.807) is 7.11 Å². The summed E-state index contributed by atoms with van der Waals surface area (Å²) in [6, 6.07) is 5.51. The number of methoxy groups -OCH3 is 1. The molecule has 3 N–H and O–H groups in total. The van der Waals surface area contributed by atoms with Gasteiger partial charge in [-0.2, -0.15) is 0 Å². The second kappa shape index (κ2) is 8.52. The van der Waals surface area contributed by atoms with Crippen molar-refractivity contribution in [3.8, 4) is 5.75 Å². The zero-order valence-electron chi connectivity index (χ0n) is 13.3. The molecule has 2 atom stereocenters. The molecule has 0 fully saturated rings. The highest BCUT2D eigenvalue weighted by Crippen LogP contribution is 2.18. The largest absolute Gasteiger partial charge is 0.496 e. The van der Waals surface area contributed by atoms with Crippen LogP contribution in [0.2, 0.25) is 0 Å². The molecule has 0 heterocycles. The van der Waals surface area contributed by atoms with Crippen molar-refractivity contribution in [3.05, 3.63) is 29.3 Å². The van der Waals surface area contributed by atoms with Gasteiger partial charge in [0, 0.05) is 13.1 Å². The van der Waals surface area contributed by atoms with Gasteiger partial charge in [-0.15, -0.1) is 0 Å². The van der Waals surface area contributed by atoms with Gasteiger partial charge in [0.2, 0.25) is 0 Å². The van der Waals surface area contributed by atoms with Crippen LogP contribution in [-0.4, -0.2) is 30.9 Å². The molecule has 2 amide bonds. The summed E-state index contributed by atoms with van der Waals surface area (Å²) >= 11 is 0. The Morgan fingerprint density at radius 1 is 1.38 bits per heavy atom. The molecule has 0 aliphatic heterocycles. The van der Waals surface area contributed by atoms with Gasteiger partial charge in [-0.1, -0.05) is 32.4 Å². The van der Waals surface area contributed by atoms with Gasteiger partial charge in [0.15, 0.2) is 0 Å². The van der Waals surface area contributed by atoms with Crippen LogP contribution in [0.15, 0.2) is 18.2 Å². The molecular formula is C16H26N2O3. The highest BCUT2D eigenvalue weighted by Gasteiger charge is 2.13. The van der Waals surface area contributed by atoms with E-state index in [0.717, 1.165) is 23.3 Å². The summed E-state index contributed by atoms with van der Waals surface area (Å²) in [4.78, 5) is 11.7. The van der Waals surface area contributed by atoms with E-state index in [2.05, 4.69) is 10.6 Å². The molecule has 0 aliphatic rings. The number of hydrogen-bond acceptors (Lipinski definition) is 3. The van der Waals surface area contributed by atoms with E-state index in [0.29, 0.717) is 6.54 Å². The lowest BCUT2D eigenvalue weighted by atomic mass is 10.0. The molecule has 0 radical (unpaired) electrons. The topological polar surface area (TPSA) is 70.6 Å². The van der Waals surface area contributed by atoms with Crippen molar-refractivity contribution >= 4 is 6.03 Å². The fourth-order valence-electron chi connectivity index (χ4n) is 1.97. The smallest absolute Gasteiger partial charge is 0.315 e. The first-order valence-electron chi connectivity index (χ1n) is 7.31. The van der Waals surface area contributed by atoms with Gasteiger partial charge >= 0.3 is 6.03 Å². The molecule has 0 aromatic heterocycles. The molecule has 2 unspecified atom stereocenters. The lowest BCUT2D eigenvalue weighted by molar-refractivity contribution is 0.114. The number of hydrogen-bond donors (Lipinski definition) is 3. The molecule has 0 aliphatic carbocycles. The number of rotatable bonds is 7. The maximum Gasteiger partial charge on any atom is 0.315 e. The SMILES string of the molecule is CCC(C)C(O)CNC(=O)NCc1ccc(OC)c(C)c1. The van der Waals surface area contributed by atoms with E-state index < -0.39 is 6.10 Å². The first kappa shape index (κ1) is 17.3. The number of urea groups is 1. The second-order valence-electron chi connectivity index (χ2n) is 5.32. The molecule has 1 aromatic rings. The van der Waals surface area contributed by atoms with E-state index in [9.17, 15) is 9.90 Å². The quantitative estimate of drug-likeness (QED) is 0.722. The van der Waals surface area contributed by atoms with Crippen molar-refractivity contribution in [2.75, 3.05) is 13.7 Å². The molecule has 118 valence electrons. The lowest BCUT2D eigenvalue weighted by Gasteiger charge is -2.17. The summed E-state index contributed by atoms with van der Waals surface area (Å²) in [5.41, 5.74) is 2.04. The third-order valence-corrected chi connectivity index (χ3v) is 3.68. The minimum Gasteiger partial charge on any atom is -0.496 e. The van der Waals surface area contributed by atoms with Gasteiger partial charge in [0.1, 0.15) is 5.75 Å². The normalized spacial score (nSPS) is 13.4. The monoisotopic (exact) mass is 294 g/mol. The standard InChI is InChI=1S/C16H26N2O3/c1-5-11(2)14(19)10-18-16(20)17-9-13-6-7-15(21-4)12(3)8-13/h6-8,11,14,19H,5,9-10H2,1-4H3,(H2,17,18,20). The van der Waals surface area contributed by atoms with E-state index in [1.165, 1.54) is 0 Å². The Morgan fingerprint density at radius 3 is 2.67 bits per heavy atom. The van der Waals surface area contributed by atoms with Gasteiger partial charge in [0.25, 0.3) is 0 Å². The minimum absolute atomic E-state index is 0.175. The van der Waals surface area contributed by atoms with Crippen molar-refractivity contribution < 1.29 is 14.6 Å². The maximum absolute atomic E-state index is 11.7. The highest BCUT2D eigenvalue weighted by molar-refractivity contribution is 5.73. The molecule has 0 bridgehead atoms. The van der Waals surface area contributed by atoms with Crippen LogP contribution in [0, 0.1) is 12.8 Å². The number of aryl methyl sites for hydroxylation is 1. The molecular weight excluding hydrogens is 268 g/mol. The summed E-state index contributed by atoms with van der Waals surface area (Å²) in [6.45, 7) is 6.65. The molecule has 5 heteroatoms. The number of nitrogens with one attached hydrogen (secondary N) is 2. The predicted molar refractivity (Wildman–Crippen MR) is 83.4 cm³/mol. The molecule has 1 aromatic carbocycles. The van der Waals surface area contributed by atoms with Crippen LogP contribution in [0.3, 0.4) is 0 Å². The van der Waals surface area contributed by atoms with Crippen molar-refractivity contribution in [2.24, 2.45) is 5.92 Å². The number of aliphatic hydroxyl groups excluding tert-OH is 1. The van der Waals surface area contributed by atoms with Crippen LogP contribution < -0.4 is 15.4 Å². The maximum atomic E-state index is 11.7.